The lowest BCUT2D eigenvalue weighted by atomic mass is 10.00. The Morgan fingerprint density at radius 2 is 1.94 bits per heavy atom. The van der Waals surface area contributed by atoms with Gasteiger partial charge in [0.15, 0.2) is 17.3 Å². The van der Waals surface area contributed by atoms with E-state index in [4.69, 9.17) is 4.74 Å². The third-order valence-electron chi connectivity index (χ3n) is 4.81. The van der Waals surface area contributed by atoms with Crippen LogP contribution in [0.5, 0.6) is 5.75 Å². The van der Waals surface area contributed by atoms with Gasteiger partial charge in [-0.15, -0.1) is 0 Å². The first-order chi connectivity index (χ1) is 14.9. The number of carbonyl (C=O) groups is 1. The van der Waals surface area contributed by atoms with Crippen molar-refractivity contribution in [2.24, 2.45) is 5.92 Å². The van der Waals surface area contributed by atoms with Crippen LogP contribution in [0.1, 0.15) is 48.7 Å². The maximum absolute atomic E-state index is 14.6. The number of ketones is 1. The molecule has 0 saturated carbocycles. The molecule has 0 radical (unpaired) electrons. The van der Waals surface area contributed by atoms with Crippen LogP contribution in [0.3, 0.4) is 0 Å². The van der Waals surface area contributed by atoms with Crippen LogP contribution in [-0.2, 0) is 19.4 Å². The van der Waals surface area contributed by atoms with Crippen LogP contribution in [-0.4, -0.2) is 32.6 Å². The largest absolute Gasteiger partial charge is 0.494 e. The van der Waals surface area contributed by atoms with Crippen LogP contribution in [0.25, 0.3) is 0 Å². The van der Waals surface area contributed by atoms with Gasteiger partial charge >= 0.3 is 0 Å². The zero-order valence-corrected chi connectivity index (χ0v) is 18.4. The number of anilines is 2. The first kappa shape index (κ1) is 22.4. The van der Waals surface area contributed by atoms with Crippen molar-refractivity contribution in [3.63, 3.8) is 0 Å². The number of benzene rings is 1. The Morgan fingerprint density at radius 3 is 2.58 bits per heavy atom. The number of aromatic nitrogens is 4. The highest BCUT2D eigenvalue weighted by Crippen LogP contribution is 2.25. The molecule has 0 spiro atoms. The lowest BCUT2D eigenvalue weighted by Gasteiger charge is -2.11. The number of rotatable bonds is 10. The molecule has 0 aliphatic carbocycles. The number of nitrogens with zero attached hydrogens (tertiary/aromatic N) is 4. The van der Waals surface area contributed by atoms with Crippen LogP contribution < -0.4 is 10.1 Å². The molecule has 0 fully saturated rings. The Morgan fingerprint density at radius 1 is 1.19 bits per heavy atom. The smallest absolute Gasteiger partial charge is 0.227 e. The number of halogens is 1. The van der Waals surface area contributed by atoms with Crippen LogP contribution in [0.15, 0.2) is 36.9 Å². The molecule has 2 aromatic heterocycles. The molecule has 0 unspecified atom stereocenters. The molecule has 31 heavy (non-hydrogen) atoms. The fraction of sp³-hybridized carbons (Fsp3) is 0.391. The van der Waals surface area contributed by atoms with Gasteiger partial charge in [0.25, 0.3) is 0 Å². The Hall–Kier alpha value is -3.29. The average Bonchev–Trinajstić information content (AvgIpc) is 3.19. The molecular formula is C23H28FN5O2. The summed E-state index contributed by atoms with van der Waals surface area (Å²) < 4.78 is 21.6. The van der Waals surface area contributed by atoms with Crippen molar-refractivity contribution in [3.05, 3.63) is 59.4 Å². The molecule has 1 aromatic carbocycles. The number of hydrogen-bond acceptors (Lipinski definition) is 6. The second-order valence-electron chi connectivity index (χ2n) is 7.81. The summed E-state index contributed by atoms with van der Waals surface area (Å²) >= 11 is 0. The summed E-state index contributed by atoms with van der Waals surface area (Å²) in [6, 6.07) is 3.06. The molecule has 3 rings (SSSR count). The van der Waals surface area contributed by atoms with Crippen molar-refractivity contribution in [1.82, 2.24) is 19.7 Å². The summed E-state index contributed by atoms with van der Waals surface area (Å²) in [6.45, 7) is 6.89. The van der Waals surface area contributed by atoms with Crippen LogP contribution in [0, 0.1) is 11.7 Å². The highest BCUT2D eigenvalue weighted by Gasteiger charge is 2.15. The zero-order chi connectivity index (χ0) is 22.4. The fourth-order valence-electron chi connectivity index (χ4n) is 3.21. The van der Waals surface area contributed by atoms with Crippen LogP contribution >= 0.6 is 0 Å². The minimum absolute atomic E-state index is 0.0463. The predicted molar refractivity (Wildman–Crippen MR) is 117 cm³/mol. The van der Waals surface area contributed by atoms with Crippen molar-refractivity contribution in [2.45, 2.75) is 46.6 Å². The second-order valence-corrected chi connectivity index (χ2v) is 7.81. The minimum atomic E-state index is -0.437. The van der Waals surface area contributed by atoms with E-state index in [9.17, 15) is 9.18 Å². The molecular weight excluding hydrogens is 397 g/mol. The lowest BCUT2D eigenvalue weighted by Crippen LogP contribution is -2.05. The quantitative estimate of drug-likeness (QED) is 0.478. The van der Waals surface area contributed by atoms with Gasteiger partial charge < -0.3 is 10.1 Å². The highest BCUT2D eigenvalue weighted by molar-refractivity contribution is 5.96. The number of ether oxygens (including phenoxy) is 1. The van der Waals surface area contributed by atoms with Crippen molar-refractivity contribution in [1.29, 1.82) is 0 Å². The predicted octanol–water partition coefficient (Wildman–Crippen LogP) is 4.60. The molecule has 0 bridgehead atoms. The number of aryl methyl sites for hydroxylation is 2. The number of methoxy groups -OCH3 is 1. The monoisotopic (exact) mass is 425 g/mol. The Balaban J connectivity index is 1.65. The number of Topliss-reactive ketones (excluding diaryl/α,β-unsaturated/α-hetero) is 1. The van der Waals surface area contributed by atoms with Gasteiger partial charge in [-0.3, -0.25) is 9.48 Å². The van der Waals surface area contributed by atoms with E-state index in [1.807, 2.05) is 10.9 Å². The van der Waals surface area contributed by atoms with Crippen molar-refractivity contribution >= 4 is 17.4 Å². The van der Waals surface area contributed by atoms with E-state index in [1.54, 1.807) is 31.6 Å². The maximum Gasteiger partial charge on any atom is 0.227 e. The number of nitrogens with one attached hydrogen (secondary N) is 1. The zero-order valence-electron chi connectivity index (χ0n) is 18.4. The molecule has 0 aliphatic rings. The van der Waals surface area contributed by atoms with Gasteiger partial charge in [0.1, 0.15) is 0 Å². The normalized spacial score (nSPS) is 11.0. The number of hydrogen-bond donors (Lipinski definition) is 1. The summed E-state index contributed by atoms with van der Waals surface area (Å²) in [5.74, 6) is 0.580. The van der Waals surface area contributed by atoms with E-state index in [0.717, 1.165) is 17.8 Å². The minimum Gasteiger partial charge on any atom is -0.494 e. The topological polar surface area (TPSA) is 81.9 Å². The molecule has 1 N–H and O–H groups in total. The summed E-state index contributed by atoms with van der Waals surface area (Å²) in [4.78, 5) is 20.7. The van der Waals surface area contributed by atoms with Crippen molar-refractivity contribution < 1.29 is 13.9 Å². The summed E-state index contributed by atoms with van der Waals surface area (Å²) in [5.41, 5.74) is 2.59. The average molecular weight is 426 g/mol. The third-order valence-corrected chi connectivity index (χ3v) is 4.81. The van der Waals surface area contributed by atoms with Crippen molar-refractivity contribution in [3.8, 4) is 5.75 Å². The molecule has 8 heteroatoms. The first-order valence-electron chi connectivity index (χ1n) is 10.4. The molecule has 3 aromatic rings. The van der Waals surface area contributed by atoms with E-state index < -0.39 is 5.82 Å². The third kappa shape index (κ3) is 5.87. The van der Waals surface area contributed by atoms with Gasteiger partial charge in [-0.2, -0.15) is 5.10 Å². The van der Waals surface area contributed by atoms with Gasteiger partial charge in [-0.05, 0) is 42.0 Å². The van der Waals surface area contributed by atoms with Crippen LogP contribution in [0.4, 0.5) is 16.0 Å². The van der Waals surface area contributed by atoms with Gasteiger partial charge in [-0.1, -0.05) is 20.8 Å². The molecule has 2 heterocycles. The summed E-state index contributed by atoms with van der Waals surface area (Å²) in [7, 11) is 1.40. The molecule has 0 aliphatic heterocycles. The van der Waals surface area contributed by atoms with E-state index in [2.05, 4.69) is 34.2 Å². The van der Waals surface area contributed by atoms with Gasteiger partial charge in [0.05, 0.1) is 19.0 Å². The summed E-state index contributed by atoms with van der Waals surface area (Å²) in [6.07, 6.45) is 8.38. The lowest BCUT2D eigenvalue weighted by molar-refractivity contribution is 0.0987. The first-order valence-corrected chi connectivity index (χ1v) is 10.4. The summed E-state index contributed by atoms with van der Waals surface area (Å²) in [5, 5.41) is 7.44. The Labute approximate surface area is 181 Å². The van der Waals surface area contributed by atoms with Gasteiger partial charge in [0.2, 0.25) is 5.95 Å². The number of carbonyl (C=O) groups excluding carboxylic acids is 1. The Bertz CT molecular complexity index is 1030. The van der Waals surface area contributed by atoms with E-state index in [-0.39, 0.29) is 11.5 Å². The maximum atomic E-state index is 14.6. The SMILES string of the molecule is CCC(=O)c1cc(CCc2cnc(Nc3cnn(CC(C)C)c3)nc2)c(F)c(OC)c1. The van der Waals surface area contributed by atoms with Crippen LogP contribution in [0.2, 0.25) is 0 Å². The molecule has 0 atom stereocenters. The molecule has 0 amide bonds. The van der Waals surface area contributed by atoms with Crippen molar-refractivity contribution in [2.75, 3.05) is 12.4 Å². The second kappa shape index (κ2) is 10.1. The molecule has 164 valence electrons. The van der Waals surface area contributed by atoms with E-state index in [0.29, 0.717) is 42.3 Å². The fourth-order valence-corrected chi connectivity index (χ4v) is 3.21. The standard InChI is InChI=1S/C23H28FN5O2/c1-5-20(30)18-8-17(22(24)21(9-18)31-4)7-6-16-10-25-23(26-11-16)28-19-12-27-29(14-19)13-15(2)3/h8-12,14-15H,5-7,13H2,1-4H3,(H,25,26,28). The molecule has 0 saturated heterocycles. The molecule has 7 nitrogen and oxygen atoms in total. The highest BCUT2D eigenvalue weighted by atomic mass is 19.1. The van der Waals surface area contributed by atoms with E-state index >= 15 is 0 Å². The van der Waals surface area contributed by atoms with Gasteiger partial charge in [0, 0.05) is 37.1 Å². The Kier molecular flexibility index (Phi) is 7.33. The van der Waals surface area contributed by atoms with E-state index in [1.165, 1.54) is 13.2 Å². The van der Waals surface area contributed by atoms with Gasteiger partial charge in [-0.25, -0.2) is 14.4 Å².